The van der Waals surface area contributed by atoms with Crippen LogP contribution in [0.2, 0.25) is 0 Å². The zero-order valence-electron chi connectivity index (χ0n) is 20.0. The lowest BCUT2D eigenvalue weighted by molar-refractivity contribution is 0.0913. The molecule has 1 unspecified atom stereocenters. The largest absolute Gasteiger partial charge is 0.493 e. The molecule has 8 heteroatoms. The maximum atomic E-state index is 14.3. The highest BCUT2D eigenvalue weighted by Gasteiger charge is 2.19. The number of amides is 1. The number of fused-ring (bicyclic) bond motifs is 1. The number of rotatable bonds is 8. The summed E-state index contributed by atoms with van der Waals surface area (Å²) in [6.07, 6.45) is -0.283. The molecule has 0 radical (unpaired) electrons. The summed E-state index contributed by atoms with van der Waals surface area (Å²) in [4.78, 5) is 18.3. The van der Waals surface area contributed by atoms with E-state index in [4.69, 9.17) is 14.5 Å². The van der Waals surface area contributed by atoms with Gasteiger partial charge in [0.25, 0.3) is 5.91 Å². The molecule has 0 aliphatic rings. The molecule has 4 rings (SSSR count). The van der Waals surface area contributed by atoms with Gasteiger partial charge < -0.3 is 19.9 Å². The number of ether oxygens (including phenoxy) is 2. The van der Waals surface area contributed by atoms with Crippen molar-refractivity contribution in [1.29, 1.82) is 0 Å². The van der Waals surface area contributed by atoms with Gasteiger partial charge in [0, 0.05) is 27.9 Å². The fraction of sp³-hybridized carbons (Fsp3) is 0.259. The Balaban J connectivity index is 1.59. The van der Waals surface area contributed by atoms with Crippen LogP contribution >= 0.6 is 11.3 Å². The molecule has 0 spiro atoms. The Bertz CT molecular complexity index is 1390. The Morgan fingerprint density at radius 3 is 2.63 bits per heavy atom. The first-order valence-electron chi connectivity index (χ1n) is 11.2. The number of pyridine rings is 1. The second kappa shape index (κ2) is 10.4. The molecule has 0 saturated carbocycles. The summed E-state index contributed by atoms with van der Waals surface area (Å²) in [6, 6.07) is 13.7. The minimum atomic E-state index is -1.02. The zero-order valence-corrected chi connectivity index (χ0v) is 20.8. The number of aliphatic hydroxyl groups is 1. The number of aryl methyl sites for hydroxylation is 2. The molecule has 1 atom stereocenters. The second-order valence-electron chi connectivity index (χ2n) is 8.08. The summed E-state index contributed by atoms with van der Waals surface area (Å²) in [5, 5.41) is 14.4. The molecule has 2 aromatic carbocycles. The third-order valence-electron chi connectivity index (χ3n) is 5.86. The van der Waals surface area contributed by atoms with Crippen molar-refractivity contribution in [3.8, 4) is 22.8 Å². The van der Waals surface area contributed by atoms with Gasteiger partial charge in [-0.1, -0.05) is 19.1 Å². The van der Waals surface area contributed by atoms with Crippen molar-refractivity contribution in [2.24, 2.45) is 0 Å². The first-order chi connectivity index (χ1) is 16.9. The highest BCUT2D eigenvalue weighted by molar-refractivity contribution is 7.19. The normalized spacial score (nSPS) is 11.9. The Kier molecular flexibility index (Phi) is 7.33. The summed E-state index contributed by atoms with van der Waals surface area (Å²) >= 11 is 1.39. The van der Waals surface area contributed by atoms with Crippen molar-refractivity contribution in [2.45, 2.75) is 26.4 Å². The standard InChI is InChI=1S/C27H27FN2O4S/c1-5-16-11-20(22(31)14-29-27(32)17-9-10-23(33-3)24(13-17)34-4)30-21(12-16)25-15(2)35-26-18(25)7-6-8-19(26)28/h6-13,22,31H,5,14H2,1-4H3,(H,29,32). The molecule has 0 bridgehead atoms. The Labute approximate surface area is 207 Å². The summed E-state index contributed by atoms with van der Waals surface area (Å²) < 4.78 is 25.4. The van der Waals surface area contributed by atoms with E-state index in [0.29, 0.717) is 33.2 Å². The fourth-order valence-electron chi connectivity index (χ4n) is 4.01. The van der Waals surface area contributed by atoms with Gasteiger partial charge in [-0.05, 0) is 55.3 Å². The van der Waals surface area contributed by atoms with Crippen LogP contribution in [0.3, 0.4) is 0 Å². The minimum absolute atomic E-state index is 0.0230. The van der Waals surface area contributed by atoms with Gasteiger partial charge in [-0.15, -0.1) is 11.3 Å². The maximum Gasteiger partial charge on any atom is 0.251 e. The highest BCUT2D eigenvalue weighted by atomic mass is 32.1. The van der Waals surface area contributed by atoms with Crippen molar-refractivity contribution in [1.82, 2.24) is 10.3 Å². The van der Waals surface area contributed by atoms with Crippen LogP contribution in [0.4, 0.5) is 4.39 Å². The van der Waals surface area contributed by atoms with Crippen LogP contribution in [0.25, 0.3) is 21.3 Å². The molecule has 2 aromatic heterocycles. The van der Waals surface area contributed by atoms with Crippen LogP contribution in [0.5, 0.6) is 11.5 Å². The number of hydrogen-bond donors (Lipinski definition) is 2. The predicted molar refractivity (Wildman–Crippen MR) is 136 cm³/mol. The number of methoxy groups -OCH3 is 2. The lowest BCUT2D eigenvalue weighted by atomic mass is 10.0. The number of aliphatic hydroxyl groups excluding tert-OH is 1. The summed E-state index contributed by atoms with van der Waals surface area (Å²) in [6.45, 7) is 3.94. The molecule has 2 heterocycles. The number of aromatic nitrogens is 1. The fourth-order valence-corrected chi connectivity index (χ4v) is 5.08. The van der Waals surface area contributed by atoms with Crippen molar-refractivity contribution in [3.63, 3.8) is 0 Å². The Morgan fingerprint density at radius 1 is 1.14 bits per heavy atom. The lowest BCUT2D eigenvalue weighted by Gasteiger charge is -2.15. The molecular formula is C27H27FN2O4S. The van der Waals surface area contributed by atoms with Gasteiger partial charge in [-0.25, -0.2) is 9.37 Å². The zero-order chi connectivity index (χ0) is 25.1. The SMILES string of the molecule is CCc1cc(-c2c(C)sc3c(F)cccc23)nc(C(O)CNC(=O)c2ccc(OC)c(OC)c2)c1. The van der Waals surface area contributed by atoms with Crippen molar-refractivity contribution >= 4 is 27.3 Å². The predicted octanol–water partition coefficient (Wildman–Crippen LogP) is 5.45. The van der Waals surface area contributed by atoms with Crippen molar-refractivity contribution in [2.75, 3.05) is 20.8 Å². The molecule has 0 aliphatic heterocycles. The Hall–Kier alpha value is -3.49. The van der Waals surface area contributed by atoms with Crippen LogP contribution in [0, 0.1) is 12.7 Å². The van der Waals surface area contributed by atoms with Gasteiger partial charge in [0.2, 0.25) is 0 Å². The van der Waals surface area contributed by atoms with Gasteiger partial charge in [0.15, 0.2) is 11.5 Å². The van der Waals surface area contributed by atoms with Gasteiger partial charge in [-0.3, -0.25) is 4.79 Å². The number of halogens is 1. The van der Waals surface area contributed by atoms with Crippen LogP contribution in [0.15, 0.2) is 48.5 Å². The molecule has 0 fully saturated rings. The molecule has 2 N–H and O–H groups in total. The van der Waals surface area contributed by atoms with Crippen LogP contribution < -0.4 is 14.8 Å². The van der Waals surface area contributed by atoms with Crippen LogP contribution in [-0.2, 0) is 6.42 Å². The second-order valence-corrected chi connectivity index (χ2v) is 9.31. The minimum Gasteiger partial charge on any atom is -0.493 e. The van der Waals surface area contributed by atoms with Gasteiger partial charge in [-0.2, -0.15) is 0 Å². The smallest absolute Gasteiger partial charge is 0.251 e. The molecular weight excluding hydrogens is 467 g/mol. The number of thiophene rings is 1. The third-order valence-corrected chi connectivity index (χ3v) is 6.99. The van der Waals surface area contributed by atoms with E-state index in [9.17, 15) is 14.3 Å². The van der Waals surface area contributed by atoms with E-state index < -0.39 is 6.10 Å². The number of nitrogens with one attached hydrogen (secondary N) is 1. The average Bonchev–Trinajstić information content (AvgIpc) is 3.23. The van der Waals surface area contributed by atoms with E-state index in [2.05, 4.69) is 5.32 Å². The summed E-state index contributed by atoms with van der Waals surface area (Å²) in [5.74, 6) is 0.351. The van der Waals surface area contributed by atoms with E-state index >= 15 is 0 Å². The van der Waals surface area contributed by atoms with Gasteiger partial charge in [0.1, 0.15) is 11.9 Å². The molecule has 6 nitrogen and oxygen atoms in total. The molecule has 0 aliphatic carbocycles. The number of carbonyl (C=O) groups is 1. The number of nitrogens with zero attached hydrogens (tertiary/aromatic N) is 1. The van der Waals surface area contributed by atoms with Crippen molar-refractivity contribution < 1.29 is 23.8 Å². The quantitative estimate of drug-likeness (QED) is 0.340. The van der Waals surface area contributed by atoms with E-state index in [1.165, 1.54) is 31.6 Å². The molecule has 0 saturated heterocycles. The monoisotopic (exact) mass is 494 g/mol. The molecule has 4 aromatic rings. The van der Waals surface area contributed by atoms with Gasteiger partial charge >= 0.3 is 0 Å². The summed E-state index contributed by atoms with van der Waals surface area (Å²) in [7, 11) is 3.02. The molecule has 35 heavy (non-hydrogen) atoms. The molecule has 1 amide bonds. The molecule has 182 valence electrons. The third kappa shape index (κ3) is 4.99. The Morgan fingerprint density at radius 2 is 1.91 bits per heavy atom. The van der Waals surface area contributed by atoms with Gasteiger partial charge in [0.05, 0.1) is 30.3 Å². The number of carbonyl (C=O) groups excluding carboxylic acids is 1. The number of benzene rings is 2. The summed E-state index contributed by atoms with van der Waals surface area (Å²) in [5.41, 5.74) is 3.36. The van der Waals surface area contributed by atoms with E-state index in [1.54, 1.807) is 24.3 Å². The van der Waals surface area contributed by atoms with Crippen LogP contribution in [-0.4, -0.2) is 36.8 Å². The van der Waals surface area contributed by atoms with E-state index in [0.717, 1.165) is 27.8 Å². The first-order valence-corrected chi connectivity index (χ1v) is 12.0. The number of hydrogen-bond acceptors (Lipinski definition) is 6. The van der Waals surface area contributed by atoms with E-state index in [-0.39, 0.29) is 18.3 Å². The van der Waals surface area contributed by atoms with E-state index in [1.807, 2.05) is 32.0 Å². The topological polar surface area (TPSA) is 80.7 Å². The highest BCUT2D eigenvalue weighted by Crippen LogP contribution is 2.39. The van der Waals surface area contributed by atoms with Crippen molar-refractivity contribution in [3.05, 3.63) is 76.0 Å². The first kappa shape index (κ1) is 24.6. The lowest BCUT2D eigenvalue weighted by Crippen LogP contribution is -2.28. The maximum absolute atomic E-state index is 14.3. The average molecular weight is 495 g/mol. The van der Waals surface area contributed by atoms with Crippen LogP contribution in [0.1, 0.15) is 39.5 Å².